The largest absolute Gasteiger partial charge is 0.483 e. The van der Waals surface area contributed by atoms with Gasteiger partial charge in [0.15, 0.2) is 0 Å². The van der Waals surface area contributed by atoms with Gasteiger partial charge in [0, 0.05) is 0 Å². The number of ether oxygens (including phenoxy) is 1. The summed E-state index contributed by atoms with van der Waals surface area (Å²) in [7, 11) is 1.48. The van der Waals surface area contributed by atoms with E-state index in [9.17, 15) is 0 Å². The Bertz CT molecular complexity index is 121. The Morgan fingerprint density at radius 3 is 2.00 bits per heavy atom. The highest BCUT2D eigenvalue weighted by Crippen LogP contribution is 2.25. The van der Waals surface area contributed by atoms with Crippen molar-refractivity contribution in [3.8, 4) is 0 Å². The number of hydrogen-bond donors (Lipinski definition) is 1. The van der Waals surface area contributed by atoms with E-state index in [1.165, 1.54) is 7.11 Å². The Morgan fingerprint density at radius 2 is 1.90 bits per heavy atom. The third-order valence-corrected chi connectivity index (χ3v) is 2.44. The molecule has 3 heteroatoms. The highest BCUT2D eigenvalue weighted by Gasteiger charge is 2.29. The Hall–Kier alpha value is -0.240. The van der Waals surface area contributed by atoms with Gasteiger partial charge in [0.05, 0.1) is 7.11 Å². The number of alkyl halides is 1. The number of halogens is 1. The summed E-state index contributed by atoms with van der Waals surface area (Å²) in [4.78, 5) is -0.575. The summed E-state index contributed by atoms with van der Waals surface area (Å²) >= 11 is 6.01. The fraction of sp³-hybridized carbons (Fsp3) is 0.857. The lowest BCUT2D eigenvalue weighted by atomic mass is 10.0. The third-order valence-electron chi connectivity index (χ3n) is 1.73. The lowest BCUT2D eigenvalue weighted by molar-refractivity contribution is 0.362. The first kappa shape index (κ1) is 9.76. The Morgan fingerprint density at radius 1 is 1.50 bits per heavy atom. The van der Waals surface area contributed by atoms with Gasteiger partial charge in [0.2, 0.25) is 5.90 Å². The molecule has 0 aliphatic carbocycles. The van der Waals surface area contributed by atoms with Crippen molar-refractivity contribution in [2.45, 2.75) is 31.6 Å². The molecule has 0 radical (unpaired) electrons. The normalized spacial score (nSPS) is 11.2. The zero-order valence-corrected chi connectivity index (χ0v) is 7.46. The lowest BCUT2D eigenvalue weighted by Gasteiger charge is -2.22. The molecule has 0 heterocycles. The second kappa shape index (κ2) is 3.81. The topological polar surface area (TPSA) is 33.1 Å². The van der Waals surface area contributed by atoms with E-state index in [0.717, 1.165) is 12.8 Å². The van der Waals surface area contributed by atoms with E-state index < -0.39 is 4.87 Å². The molecule has 0 unspecified atom stereocenters. The van der Waals surface area contributed by atoms with Gasteiger partial charge in [-0.3, -0.25) is 5.41 Å². The van der Waals surface area contributed by atoms with Crippen LogP contribution in [0.3, 0.4) is 0 Å². The summed E-state index contributed by atoms with van der Waals surface area (Å²) in [5, 5.41) is 7.34. The van der Waals surface area contributed by atoms with Crippen LogP contribution >= 0.6 is 11.6 Å². The van der Waals surface area contributed by atoms with E-state index in [1.54, 1.807) is 0 Å². The second-order valence-corrected chi connectivity index (χ2v) is 2.93. The Kier molecular flexibility index (Phi) is 3.72. The average molecular weight is 164 g/mol. The molecule has 0 rings (SSSR count). The quantitative estimate of drug-likeness (QED) is 0.387. The average Bonchev–Trinajstić information content (AvgIpc) is 2.01. The van der Waals surface area contributed by atoms with Crippen LogP contribution in [0.4, 0.5) is 0 Å². The molecule has 0 fully saturated rings. The van der Waals surface area contributed by atoms with Crippen molar-refractivity contribution >= 4 is 17.5 Å². The third kappa shape index (κ3) is 1.87. The van der Waals surface area contributed by atoms with Crippen LogP contribution in [0, 0.1) is 5.41 Å². The minimum Gasteiger partial charge on any atom is -0.483 e. The number of hydrogen-bond acceptors (Lipinski definition) is 2. The SMILES string of the molecule is CCC(Cl)(CC)C(=N)OC. The minimum absolute atomic E-state index is 0.166. The van der Waals surface area contributed by atoms with Gasteiger partial charge in [-0.1, -0.05) is 13.8 Å². The summed E-state index contributed by atoms with van der Waals surface area (Å²) in [6.45, 7) is 3.90. The van der Waals surface area contributed by atoms with Gasteiger partial charge in [0.25, 0.3) is 0 Å². The van der Waals surface area contributed by atoms with Crippen molar-refractivity contribution in [2.24, 2.45) is 0 Å². The van der Waals surface area contributed by atoms with E-state index in [0.29, 0.717) is 0 Å². The zero-order valence-electron chi connectivity index (χ0n) is 6.70. The maximum atomic E-state index is 7.34. The number of rotatable bonds is 3. The van der Waals surface area contributed by atoms with Crippen molar-refractivity contribution in [3.05, 3.63) is 0 Å². The van der Waals surface area contributed by atoms with Crippen molar-refractivity contribution in [1.82, 2.24) is 0 Å². The summed E-state index contributed by atoms with van der Waals surface area (Å²) in [6, 6.07) is 0. The van der Waals surface area contributed by atoms with Gasteiger partial charge in [-0.25, -0.2) is 0 Å². The number of methoxy groups -OCH3 is 1. The Labute approximate surface area is 67.0 Å². The molecule has 0 aliphatic heterocycles. The predicted molar refractivity (Wildman–Crippen MR) is 43.9 cm³/mol. The minimum atomic E-state index is -0.575. The van der Waals surface area contributed by atoms with Crippen molar-refractivity contribution in [3.63, 3.8) is 0 Å². The predicted octanol–water partition coefficient (Wildman–Crippen LogP) is 2.41. The van der Waals surface area contributed by atoms with Crippen LogP contribution < -0.4 is 0 Å². The maximum Gasteiger partial charge on any atom is 0.201 e. The van der Waals surface area contributed by atoms with E-state index in [2.05, 4.69) is 0 Å². The smallest absolute Gasteiger partial charge is 0.201 e. The molecule has 0 aromatic rings. The van der Waals surface area contributed by atoms with Crippen molar-refractivity contribution < 1.29 is 4.74 Å². The molecule has 0 saturated heterocycles. The Balaban J connectivity index is 4.17. The molecular weight excluding hydrogens is 150 g/mol. The van der Waals surface area contributed by atoms with Crippen LogP contribution in [0.5, 0.6) is 0 Å². The summed E-state index contributed by atoms with van der Waals surface area (Å²) in [5.74, 6) is 0.166. The summed E-state index contributed by atoms with van der Waals surface area (Å²) < 4.78 is 4.75. The van der Waals surface area contributed by atoms with Crippen molar-refractivity contribution in [2.75, 3.05) is 7.11 Å². The monoisotopic (exact) mass is 163 g/mol. The first-order valence-electron chi connectivity index (χ1n) is 3.42. The molecule has 0 amide bonds. The molecule has 1 N–H and O–H groups in total. The molecule has 0 aromatic carbocycles. The van der Waals surface area contributed by atoms with Gasteiger partial charge in [-0.05, 0) is 12.8 Å². The molecular formula is C7H14ClNO. The van der Waals surface area contributed by atoms with Crippen LogP contribution in [0.1, 0.15) is 26.7 Å². The molecule has 0 atom stereocenters. The zero-order chi connectivity index (χ0) is 8.20. The van der Waals surface area contributed by atoms with Crippen LogP contribution in [0.15, 0.2) is 0 Å². The standard InChI is InChI=1S/C7H14ClNO/c1-4-7(8,5-2)6(9)10-3/h9H,4-5H2,1-3H3. The van der Waals surface area contributed by atoms with Gasteiger partial charge in [0.1, 0.15) is 4.87 Å². The number of nitrogens with one attached hydrogen (secondary N) is 1. The molecule has 0 saturated carbocycles. The molecule has 10 heavy (non-hydrogen) atoms. The molecule has 0 aliphatic rings. The van der Waals surface area contributed by atoms with E-state index in [4.69, 9.17) is 21.7 Å². The highest BCUT2D eigenvalue weighted by molar-refractivity contribution is 6.34. The van der Waals surface area contributed by atoms with Crippen molar-refractivity contribution in [1.29, 1.82) is 5.41 Å². The summed E-state index contributed by atoms with van der Waals surface area (Å²) in [6.07, 6.45) is 1.47. The first-order valence-corrected chi connectivity index (χ1v) is 3.80. The van der Waals surface area contributed by atoms with E-state index >= 15 is 0 Å². The summed E-state index contributed by atoms with van der Waals surface area (Å²) in [5.41, 5.74) is 0. The lowest BCUT2D eigenvalue weighted by Crippen LogP contribution is -2.31. The highest BCUT2D eigenvalue weighted by atomic mass is 35.5. The van der Waals surface area contributed by atoms with Crippen LogP contribution in [-0.4, -0.2) is 17.9 Å². The van der Waals surface area contributed by atoms with Crippen LogP contribution in [0.25, 0.3) is 0 Å². The van der Waals surface area contributed by atoms with Gasteiger partial charge >= 0.3 is 0 Å². The van der Waals surface area contributed by atoms with E-state index in [1.807, 2.05) is 13.8 Å². The second-order valence-electron chi connectivity index (χ2n) is 2.21. The molecule has 0 aromatic heterocycles. The first-order chi connectivity index (χ1) is 4.60. The molecule has 0 spiro atoms. The molecule has 60 valence electrons. The van der Waals surface area contributed by atoms with E-state index in [-0.39, 0.29) is 5.90 Å². The van der Waals surface area contributed by atoms with Gasteiger partial charge in [-0.15, -0.1) is 11.6 Å². The van der Waals surface area contributed by atoms with Crippen LogP contribution in [0.2, 0.25) is 0 Å². The molecule has 2 nitrogen and oxygen atoms in total. The van der Waals surface area contributed by atoms with Gasteiger partial charge < -0.3 is 4.74 Å². The van der Waals surface area contributed by atoms with Crippen LogP contribution in [-0.2, 0) is 4.74 Å². The fourth-order valence-corrected chi connectivity index (χ4v) is 0.831. The molecule has 0 bridgehead atoms. The maximum absolute atomic E-state index is 7.34. The fourth-order valence-electron chi connectivity index (χ4n) is 0.754. The van der Waals surface area contributed by atoms with Gasteiger partial charge in [-0.2, -0.15) is 0 Å².